The largest absolute Gasteiger partial charge is 0.493 e. The van der Waals surface area contributed by atoms with Crippen LogP contribution in [0.3, 0.4) is 0 Å². The van der Waals surface area contributed by atoms with Gasteiger partial charge < -0.3 is 4.74 Å². The fraction of sp³-hybridized carbons (Fsp3) is 0.0909. The van der Waals surface area contributed by atoms with Gasteiger partial charge in [-0.3, -0.25) is 9.78 Å². The molecule has 0 atom stereocenters. The van der Waals surface area contributed by atoms with Crippen LogP contribution < -0.4 is 15.7 Å². The van der Waals surface area contributed by atoms with E-state index in [1.54, 1.807) is 18.3 Å². The van der Waals surface area contributed by atoms with Crippen LogP contribution in [0.15, 0.2) is 76.6 Å². The molecule has 0 aliphatic heterocycles. The Hall–Kier alpha value is -4.00. The van der Waals surface area contributed by atoms with Gasteiger partial charge in [-0.05, 0) is 23.8 Å². The molecule has 144 valence electrons. The van der Waals surface area contributed by atoms with E-state index in [1.807, 2.05) is 61.5 Å². The van der Waals surface area contributed by atoms with Crippen LogP contribution in [-0.4, -0.2) is 28.0 Å². The number of hydrazone groups is 1. The molecule has 4 aromatic rings. The molecule has 1 aromatic heterocycles. The maximum absolute atomic E-state index is 12.3. The molecular formula is C22H19N5O2. The second kappa shape index (κ2) is 8.35. The zero-order valence-corrected chi connectivity index (χ0v) is 15.8. The van der Waals surface area contributed by atoms with Gasteiger partial charge >= 0.3 is 0 Å². The quantitative estimate of drug-likeness (QED) is 0.389. The van der Waals surface area contributed by atoms with Crippen molar-refractivity contribution >= 4 is 22.9 Å². The van der Waals surface area contributed by atoms with Gasteiger partial charge in [0.1, 0.15) is 5.75 Å². The maximum Gasteiger partial charge on any atom is 0.279 e. The summed E-state index contributed by atoms with van der Waals surface area (Å²) in [6.07, 6.45) is 1.65. The lowest BCUT2D eigenvalue weighted by atomic mass is 10.0. The number of aromatic amines is 1. The number of benzene rings is 3. The Kier molecular flexibility index (Phi) is 5.29. The normalized spacial score (nSPS) is 11.1. The summed E-state index contributed by atoms with van der Waals surface area (Å²) >= 11 is 0. The first kappa shape index (κ1) is 18.4. The molecule has 0 amide bonds. The molecule has 3 aromatic carbocycles. The molecule has 4 rings (SSSR count). The summed E-state index contributed by atoms with van der Waals surface area (Å²) in [6.45, 7) is 2.48. The Morgan fingerprint density at radius 3 is 2.62 bits per heavy atom. The highest BCUT2D eigenvalue weighted by molar-refractivity contribution is 6.02. The first-order valence-electron chi connectivity index (χ1n) is 9.22. The average Bonchev–Trinajstić information content (AvgIpc) is 2.76. The summed E-state index contributed by atoms with van der Waals surface area (Å²) in [7, 11) is 0. The zero-order chi connectivity index (χ0) is 20.1. The van der Waals surface area contributed by atoms with Gasteiger partial charge in [0.05, 0.1) is 12.8 Å². The Morgan fingerprint density at radius 1 is 1.03 bits per heavy atom. The van der Waals surface area contributed by atoms with Crippen molar-refractivity contribution in [1.29, 1.82) is 0 Å². The number of anilines is 1. The first-order chi connectivity index (χ1) is 14.3. The van der Waals surface area contributed by atoms with Crippen LogP contribution in [0.25, 0.3) is 22.0 Å². The third kappa shape index (κ3) is 3.98. The van der Waals surface area contributed by atoms with Crippen molar-refractivity contribution in [2.24, 2.45) is 5.10 Å². The van der Waals surface area contributed by atoms with Crippen molar-refractivity contribution in [1.82, 2.24) is 15.2 Å². The molecule has 0 saturated carbocycles. The van der Waals surface area contributed by atoms with E-state index in [0.717, 1.165) is 22.1 Å². The minimum absolute atomic E-state index is 0.157. The maximum atomic E-state index is 12.3. The van der Waals surface area contributed by atoms with E-state index in [0.29, 0.717) is 12.2 Å². The zero-order valence-electron chi connectivity index (χ0n) is 15.8. The van der Waals surface area contributed by atoms with Gasteiger partial charge in [-0.25, -0.2) is 5.43 Å². The second-order valence-electron chi connectivity index (χ2n) is 6.22. The Bertz CT molecular complexity index is 1220. The van der Waals surface area contributed by atoms with Gasteiger partial charge in [0.25, 0.3) is 5.56 Å². The standard InChI is InChI=1S/C22H19N5O2/c1-2-29-19-13-12-15-8-6-7-11-17(15)18(19)14-23-26-22-24-21(28)20(25-27-22)16-9-4-3-5-10-16/h3-14H,2H2,1H3,(H2,24,26,27,28)/b23-14+. The molecule has 0 bridgehead atoms. The molecule has 7 nitrogen and oxygen atoms in total. The van der Waals surface area contributed by atoms with Crippen LogP contribution >= 0.6 is 0 Å². The highest BCUT2D eigenvalue weighted by Crippen LogP contribution is 2.26. The molecule has 0 fully saturated rings. The lowest BCUT2D eigenvalue weighted by Gasteiger charge is -2.10. The number of nitrogens with zero attached hydrogens (tertiary/aromatic N) is 3. The minimum Gasteiger partial charge on any atom is -0.493 e. The fourth-order valence-corrected chi connectivity index (χ4v) is 3.02. The van der Waals surface area contributed by atoms with E-state index in [9.17, 15) is 4.79 Å². The Morgan fingerprint density at radius 2 is 1.83 bits per heavy atom. The summed E-state index contributed by atoms with van der Waals surface area (Å²) in [5.74, 6) is 0.889. The first-order valence-corrected chi connectivity index (χ1v) is 9.22. The number of hydrogen-bond acceptors (Lipinski definition) is 6. The van der Waals surface area contributed by atoms with E-state index >= 15 is 0 Å². The van der Waals surface area contributed by atoms with Crippen molar-refractivity contribution < 1.29 is 4.74 Å². The van der Waals surface area contributed by atoms with Gasteiger partial charge in [0, 0.05) is 11.1 Å². The summed E-state index contributed by atoms with van der Waals surface area (Å²) in [5, 5.41) is 14.3. The number of nitrogens with one attached hydrogen (secondary N) is 2. The van der Waals surface area contributed by atoms with E-state index in [2.05, 4.69) is 25.7 Å². The van der Waals surface area contributed by atoms with E-state index in [1.165, 1.54) is 0 Å². The van der Waals surface area contributed by atoms with Crippen molar-refractivity contribution in [2.45, 2.75) is 6.92 Å². The minimum atomic E-state index is -0.343. The van der Waals surface area contributed by atoms with Crippen LogP contribution in [-0.2, 0) is 0 Å². The van der Waals surface area contributed by atoms with Crippen LogP contribution in [0.4, 0.5) is 5.95 Å². The molecule has 0 unspecified atom stereocenters. The smallest absolute Gasteiger partial charge is 0.279 e. The van der Waals surface area contributed by atoms with Crippen LogP contribution in [0.5, 0.6) is 5.75 Å². The van der Waals surface area contributed by atoms with Crippen LogP contribution in [0.1, 0.15) is 12.5 Å². The molecule has 0 spiro atoms. The number of aromatic nitrogens is 3. The molecule has 2 N–H and O–H groups in total. The number of H-pyrrole nitrogens is 1. The van der Waals surface area contributed by atoms with Gasteiger partial charge in [-0.15, -0.1) is 10.2 Å². The molecule has 0 saturated heterocycles. The van der Waals surface area contributed by atoms with Gasteiger partial charge in [0.15, 0.2) is 5.69 Å². The lowest BCUT2D eigenvalue weighted by molar-refractivity contribution is 0.340. The molecular weight excluding hydrogens is 366 g/mol. The van der Waals surface area contributed by atoms with Crippen molar-refractivity contribution in [3.8, 4) is 17.0 Å². The third-order valence-electron chi connectivity index (χ3n) is 4.34. The molecule has 7 heteroatoms. The number of fused-ring (bicyclic) bond motifs is 1. The van der Waals surface area contributed by atoms with Crippen molar-refractivity contribution in [2.75, 3.05) is 12.0 Å². The van der Waals surface area contributed by atoms with Crippen molar-refractivity contribution in [3.63, 3.8) is 0 Å². The van der Waals surface area contributed by atoms with Crippen LogP contribution in [0, 0.1) is 0 Å². The highest BCUT2D eigenvalue weighted by Gasteiger charge is 2.08. The third-order valence-corrected chi connectivity index (χ3v) is 4.34. The van der Waals surface area contributed by atoms with Gasteiger partial charge in [0.2, 0.25) is 5.95 Å². The van der Waals surface area contributed by atoms with Gasteiger partial charge in [-0.2, -0.15) is 5.10 Å². The predicted molar refractivity (Wildman–Crippen MR) is 114 cm³/mol. The fourth-order valence-electron chi connectivity index (χ4n) is 3.02. The van der Waals surface area contributed by atoms with Gasteiger partial charge in [-0.1, -0.05) is 60.7 Å². The van der Waals surface area contributed by atoms with E-state index in [4.69, 9.17) is 4.74 Å². The predicted octanol–water partition coefficient (Wildman–Crippen LogP) is 3.83. The molecule has 29 heavy (non-hydrogen) atoms. The monoisotopic (exact) mass is 385 g/mol. The summed E-state index contributed by atoms with van der Waals surface area (Å²) in [4.78, 5) is 15.0. The topological polar surface area (TPSA) is 92.3 Å². The van der Waals surface area contributed by atoms with Crippen molar-refractivity contribution in [3.05, 3.63) is 82.6 Å². The summed E-state index contributed by atoms with van der Waals surface area (Å²) in [6, 6.07) is 21.1. The number of hydrogen-bond donors (Lipinski definition) is 2. The summed E-state index contributed by atoms with van der Waals surface area (Å²) in [5.41, 5.74) is 4.19. The number of ether oxygens (including phenoxy) is 1. The number of rotatable bonds is 6. The van der Waals surface area contributed by atoms with Crippen LogP contribution in [0.2, 0.25) is 0 Å². The second-order valence-corrected chi connectivity index (χ2v) is 6.22. The Labute approximate surface area is 167 Å². The molecule has 0 aliphatic carbocycles. The average molecular weight is 385 g/mol. The molecule has 1 heterocycles. The SMILES string of the molecule is CCOc1ccc2ccccc2c1/C=N/Nc1nnc(-c2ccccc2)c(=O)[nH]1. The Balaban J connectivity index is 1.60. The highest BCUT2D eigenvalue weighted by atomic mass is 16.5. The molecule has 0 aliphatic rings. The van der Waals surface area contributed by atoms with E-state index in [-0.39, 0.29) is 17.2 Å². The lowest BCUT2D eigenvalue weighted by Crippen LogP contribution is -2.15. The summed E-state index contributed by atoms with van der Waals surface area (Å²) < 4.78 is 5.73. The van der Waals surface area contributed by atoms with E-state index < -0.39 is 0 Å². The molecule has 0 radical (unpaired) electrons.